The Hall–Kier alpha value is -0.380. The third-order valence-electron chi connectivity index (χ3n) is 3.24. The maximum atomic E-state index is 6.18. The minimum atomic E-state index is 0.0662. The van der Waals surface area contributed by atoms with E-state index in [1.807, 2.05) is 6.92 Å². The van der Waals surface area contributed by atoms with Crippen molar-refractivity contribution < 1.29 is 4.74 Å². The lowest BCUT2D eigenvalue weighted by Crippen LogP contribution is -2.31. The highest BCUT2D eigenvalue weighted by Crippen LogP contribution is 2.29. The molecule has 0 spiro atoms. The minimum absolute atomic E-state index is 0.0662. The minimum Gasteiger partial charge on any atom is -0.369 e. The Labute approximate surface area is 102 Å². The van der Waals surface area contributed by atoms with Crippen LogP contribution >= 0.6 is 11.3 Å². The van der Waals surface area contributed by atoms with Crippen molar-refractivity contribution in [2.24, 2.45) is 5.73 Å². The molecule has 0 amide bonds. The quantitative estimate of drug-likeness (QED) is 0.873. The average molecular weight is 239 g/mol. The van der Waals surface area contributed by atoms with Crippen molar-refractivity contribution in [3.63, 3.8) is 0 Å². The van der Waals surface area contributed by atoms with Gasteiger partial charge in [0.15, 0.2) is 0 Å². The second kappa shape index (κ2) is 5.80. The summed E-state index contributed by atoms with van der Waals surface area (Å²) in [6.45, 7) is 2.03. The zero-order valence-corrected chi connectivity index (χ0v) is 10.7. The van der Waals surface area contributed by atoms with Crippen molar-refractivity contribution in [2.75, 3.05) is 0 Å². The predicted octanol–water partition coefficient (Wildman–Crippen LogP) is 3.49. The zero-order chi connectivity index (χ0) is 11.4. The lowest BCUT2D eigenvalue weighted by Gasteiger charge is -2.29. The van der Waals surface area contributed by atoms with Crippen LogP contribution in [0.1, 0.15) is 50.7 Å². The fourth-order valence-electron chi connectivity index (χ4n) is 2.35. The Bertz CT molecular complexity index is 291. The molecule has 2 unspecified atom stereocenters. The SMILES string of the molecule is CC(N)C(OC1CCCCC1)c1ccsc1. The van der Waals surface area contributed by atoms with Gasteiger partial charge in [-0.25, -0.2) is 0 Å². The predicted molar refractivity (Wildman–Crippen MR) is 68.7 cm³/mol. The third kappa shape index (κ3) is 3.06. The number of nitrogens with two attached hydrogens (primary N) is 1. The van der Waals surface area contributed by atoms with Crippen LogP contribution in [0.25, 0.3) is 0 Å². The molecule has 2 rings (SSSR count). The van der Waals surface area contributed by atoms with E-state index in [-0.39, 0.29) is 12.1 Å². The van der Waals surface area contributed by atoms with Gasteiger partial charge in [0.2, 0.25) is 0 Å². The third-order valence-corrected chi connectivity index (χ3v) is 3.94. The first-order valence-electron chi connectivity index (χ1n) is 6.20. The largest absolute Gasteiger partial charge is 0.369 e. The van der Waals surface area contributed by atoms with E-state index in [0.29, 0.717) is 6.10 Å². The average Bonchev–Trinajstić information content (AvgIpc) is 2.80. The van der Waals surface area contributed by atoms with Crippen molar-refractivity contribution >= 4 is 11.3 Å². The number of thiophene rings is 1. The molecule has 2 N–H and O–H groups in total. The summed E-state index contributed by atoms with van der Waals surface area (Å²) in [5.41, 5.74) is 7.27. The second-order valence-corrected chi connectivity index (χ2v) is 5.51. The van der Waals surface area contributed by atoms with E-state index in [2.05, 4.69) is 16.8 Å². The maximum absolute atomic E-state index is 6.18. The standard InChI is InChI=1S/C13H21NOS/c1-10(14)13(11-7-8-16-9-11)15-12-5-3-2-4-6-12/h7-10,12-13H,2-6,14H2,1H3. The first-order chi connectivity index (χ1) is 7.77. The molecule has 16 heavy (non-hydrogen) atoms. The number of rotatable bonds is 4. The van der Waals surface area contributed by atoms with Crippen LogP contribution in [0.4, 0.5) is 0 Å². The number of ether oxygens (including phenoxy) is 1. The van der Waals surface area contributed by atoms with E-state index in [4.69, 9.17) is 10.5 Å². The Morgan fingerprint density at radius 3 is 2.69 bits per heavy atom. The van der Waals surface area contributed by atoms with Crippen LogP contribution in [-0.2, 0) is 4.74 Å². The van der Waals surface area contributed by atoms with Gasteiger partial charge >= 0.3 is 0 Å². The highest BCUT2D eigenvalue weighted by molar-refractivity contribution is 7.07. The molecular weight excluding hydrogens is 218 g/mol. The normalized spacial score (nSPS) is 21.9. The molecule has 2 atom stereocenters. The fourth-order valence-corrected chi connectivity index (χ4v) is 3.04. The van der Waals surface area contributed by atoms with Gasteiger partial charge in [-0.2, -0.15) is 11.3 Å². The van der Waals surface area contributed by atoms with Crippen molar-refractivity contribution in [3.8, 4) is 0 Å². The highest BCUT2D eigenvalue weighted by atomic mass is 32.1. The summed E-state index contributed by atoms with van der Waals surface area (Å²) in [5.74, 6) is 0. The first-order valence-corrected chi connectivity index (χ1v) is 7.15. The number of hydrogen-bond acceptors (Lipinski definition) is 3. The van der Waals surface area contributed by atoms with Crippen LogP contribution in [0.3, 0.4) is 0 Å². The Kier molecular flexibility index (Phi) is 4.38. The summed E-state index contributed by atoms with van der Waals surface area (Å²) in [6.07, 6.45) is 6.88. The topological polar surface area (TPSA) is 35.2 Å². The summed E-state index contributed by atoms with van der Waals surface area (Å²) in [4.78, 5) is 0. The van der Waals surface area contributed by atoms with Crippen molar-refractivity contribution in [2.45, 2.75) is 57.3 Å². The molecule has 0 radical (unpaired) electrons. The van der Waals surface area contributed by atoms with Gasteiger partial charge in [-0.1, -0.05) is 19.3 Å². The molecule has 90 valence electrons. The molecular formula is C13H21NOS. The van der Waals surface area contributed by atoms with Crippen molar-refractivity contribution in [3.05, 3.63) is 22.4 Å². The summed E-state index contributed by atoms with van der Waals surface area (Å²) in [5, 5.41) is 4.24. The van der Waals surface area contributed by atoms with Gasteiger partial charge in [0, 0.05) is 6.04 Å². The van der Waals surface area contributed by atoms with Gasteiger partial charge in [-0.05, 0) is 42.2 Å². The van der Waals surface area contributed by atoms with Crippen LogP contribution in [0.2, 0.25) is 0 Å². The van der Waals surface area contributed by atoms with Gasteiger partial charge in [-0.15, -0.1) is 0 Å². The van der Waals surface area contributed by atoms with Gasteiger partial charge in [0.25, 0.3) is 0 Å². The molecule has 0 aromatic carbocycles. The molecule has 3 heteroatoms. The zero-order valence-electron chi connectivity index (χ0n) is 9.89. The Morgan fingerprint density at radius 1 is 1.38 bits per heavy atom. The maximum Gasteiger partial charge on any atom is 0.0984 e. The van der Waals surface area contributed by atoms with Gasteiger partial charge in [-0.3, -0.25) is 0 Å². The van der Waals surface area contributed by atoms with Crippen molar-refractivity contribution in [1.29, 1.82) is 0 Å². The van der Waals surface area contributed by atoms with Crippen LogP contribution in [-0.4, -0.2) is 12.1 Å². The van der Waals surface area contributed by atoms with E-state index in [9.17, 15) is 0 Å². The van der Waals surface area contributed by atoms with Gasteiger partial charge < -0.3 is 10.5 Å². The van der Waals surface area contributed by atoms with Crippen LogP contribution in [0, 0.1) is 0 Å². The van der Waals surface area contributed by atoms with E-state index >= 15 is 0 Å². The molecule has 0 aliphatic heterocycles. The van der Waals surface area contributed by atoms with Gasteiger partial charge in [0.05, 0.1) is 12.2 Å². The monoisotopic (exact) mass is 239 g/mol. The lowest BCUT2D eigenvalue weighted by atomic mass is 9.97. The Balaban J connectivity index is 1.97. The summed E-state index contributed by atoms with van der Waals surface area (Å²) >= 11 is 1.71. The van der Waals surface area contributed by atoms with E-state index in [0.717, 1.165) is 0 Å². The number of hydrogen-bond donors (Lipinski definition) is 1. The molecule has 1 aromatic rings. The summed E-state index contributed by atoms with van der Waals surface area (Å²) in [7, 11) is 0. The Morgan fingerprint density at radius 2 is 2.12 bits per heavy atom. The van der Waals surface area contributed by atoms with Crippen LogP contribution in [0.5, 0.6) is 0 Å². The van der Waals surface area contributed by atoms with E-state index in [1.54, 1.807) is 11.3 Å². The smallest absolute Gasteiger partial charge is 0.0984 e. The molecule has 0 bridgehead atoms. The molecule has 2 nitrogen and oxygen atoms in total. The first kappa shape index (κ1) is 12.1. The molecule has 1 aliphatic carbocycles. The van der Waals surface area contributed by atoms with E-state index in [1.165, 1.54) is 37.7 Å². The lowest BCUT2D eigenvalue weighted by molar-refractivity contribution is -0.0404. The van der Waals surface area contributed by atoms with Crippen molar-refractivity contribution in [1.82, 2.24) is 0 Å². The van der Waals surface area contributed by atoms with Crippen LogP contribution < -0.4 is 5.73 Å². The van der Waals surface area contributed by atoms with Gasteiger partial charge in [0.1, 0.15) is 0 Å². The molecule has 0 saturated heterocycles. The molecule has 1 aromatic heterocycles. The highest BCUT2D eigenvalue weighted by Gasteiger charge is 2.23. The molecule has 1 saturated carbocycles. The second-order valence-electron chi connectivity index (χ2n) is 4.73. The van der Waals surface area contributed by atoms with Crippen LogP contribution in [0.15, 0.2) is 16.8 Å². The molecule has 1 heterocycles. The van der Waals surface area contributed by atoms with E-state index < -0.39 is 0 Å². The summed E-state index contributed by atoms with van der Waals surface area (Å²) < 4.78 is 6.18. The summed E-state index contributed by atoms with van der Waals surface area (Å²) in [6, 6.07) is 2.19. The fraction of sp³-hybridized carbons (Fsp3) is 0.692. The molecule has 1 fully saturated rings. The molecule has 1 aliphatic rings.